The number of aryl methyl sites for hydroxylation is 1. The summed E-state index contributed by atoms with van der Waals surface area (Å²) in [6.07, 6.45) is -0.826. The number of benzene rings is 3. The predicted octanol–water partition coefficient (Wildman–Crippen LogP) is 9.93. The molecule has 0 unspecified atom stereocenters. The third-order valence-corrected chi connectivity index (χ3v) is 6.69. The van der Waals surface area contributed by atoms with E-state index in [2.05, 4.69) is 6.92 Å². The molecule has 0 heterocycles. The maximum atomic E-state index is 15.3. The van der Waals surface area contributed by atoms with Crippen molar-refractivity contribution in [1.29, 1.82) is 0 Å². The summed E-state index contributed by atoms with van der Waals surface area (Å²) in [5.74, 6) is -4.21. The van der Waals surface area contributed by atoms with Gasteiger partial charge < -0.3 is 9.84 Å². The Morgan fingerprint density at radius 1 is 0.744 bits per heavy atom. The molecular formula is C32H37F5O2. The summed E-state index contributed by atoms with van der Waals surface area (Å²) in [6, 6.07) is 8.24. The van der Waals surface area contributed by atoms with Gasteiger partial charge in [0.25, 0.3) is 0 Å². The number of rotatable bonds is 8. The van der Waals surface area contributed by atoms with E-state index in [9.17, 15) is 9.50 Å². The molecule has 0 aliphatic rings. The van der Waals surface area contributed by atoms with Gasteiger partial charge in [0.1, 0.15) is 34.5 Å². The van der Waals surface area contributed by atoms with Crippen molar-refractivity contribution in [3.8, 4) is 22.6 Å². The first-order valence-electron chi connectivity index (χ1n) is 13.2. The van der Waals surface area contributed by atoms with E-state index in [0.29, 0.717) is 29.7 Å². The second-order valence-corrected chi connectivity index (χ2v) is 12.1. The molecule has 0 bridgehead atoms. The van der Waals surface area contributed by atoms with Crippen LogP contribution in [0.4, 0.5) is 22.0 Å². The number of phenolic OH excluding ortho intramolecular Hbond substituents is 1. The highest BCUT2D eigenvalue weighted by atomic mass is 19.3. The van der Waals surface area contributed by atoms with Gasteiger partial charge in [-0.15, -0.1) is 0 Å². The fourth-order valence-electron chi connectivity index (χ4n) is 4.54. The molecule has 0 aliphatic carbocycles. The molecule has 3 rings (SSSR count). The second kappa shape index (κ2) is 11.2. The van der Waals surface area contributed by atoms with Gasteiger partial charge in [-0.05, 0) is 65.1 Å². The van der Waals surface area contributed by atoms with Gasteiger partial charge in [-0.2, -0.15) is 8.78 Å². The summed E-state index contributed by atoms with van der Waals surface area (Å²) >= 11 is 0. The van der Waals surface area contributed by atoms with Gasteiger partial charge in [0.05, 0.1) is 0 Å². The molecule has 0 radical (unpaired) electrons. The first-order chi connectivity index (χ1) is 18.0. The molecule has 3 aromatic carbocycles. The molecule has 0 spiro atoms. The number of hydrogen-bond donors (Lipinski definition) is 1. The Morgan fingerprint density at radius 2 is 1.28 bits per heavy atom. The van der Waals surface area contributed by atoms with Gasteiger partial charge in [0.2, 0.25) is 0 Å². The molecular weight excluding hydrogens is 511 g/mol. The summed E-state index contributed by atoms with van der Waals surface area (Å²) in [7, 11) is 0. The van der Waals surface area contributed by atoms with Crippen LogP contribution in [0.5, 0.6) is 11.5 Å². The van der Waals surface area contributed by atoms with E-state index in [-0.39, 0.29) is 22.6 Å². The molecule has 0 aliphatic heterocycles. The average Bonchev–Trinajstić information content (AvgIpc) is 2.78. The fourth-order valence-corrected chi connectivity index (χ4v) is 4.54. The number of halogens is 5. The van der Waals surface area contributed by atoms with Gasteiger partial charge in [-0.3, -0.25) is 0 Å². The van der Waals surface area contributed by atoms with Crippen LogP contribution in [0.25, 0.3) is 11.1 Å². The van der Waals surface area contributed by atoms with Crippen molar-refractivity contribution in [1.82, 2.24) is 0 Å². The Balaban J connectivity index is 2.00. The van der Waals surface area contributed by atoms with Crippen molar-refractivity contribution in [3.63, 3.8) is 0 Å². The van der Waals surface area contributed by atoms with Crippen LogP contribution in [0.1, 0.15) is 90.0 Å². The topological polar surface area (TPSA) is 29.5 Å². The molecule has 0 fully saturated rings. The minimum Gasteiger partial charge on any atom is -0.507 e. The van der Waals surface area contributed by atoms with Crippen LogP contribution in [0.15, 0.2) is 42.5 Å². The molecule has 1 N–H and O–H groups in total. The number of alkyl halides is 2. The van der Waals surface area contributed by atoms with Crippen LogP contribution in [-0.4, -0.2) is 5.11 Å². The molecule has 3 aromatic rings. The van der Waals surface area contributed by atoms with Crippen LogP contribution in [-0.2, 0) is 23.4 Å². The predicted molar refractivity (Wildman–Crippen MR) is 145 cm³/mol. The minimum atomic E-state index is -4.39. The lowest BCUT2D eigenvalue weighted by molar-refractivity contribution is -0.189. The minimum absolute atomic E-state index is 0.0502. The summed E-state index contributed by atoms with van der Waals surface area (Å²) < 4.78 is 80.4. The van der Waals surface area contributed by atoms with E-state index in [1.165, 1.54) is 24.3 Å². The zero-order chi connectivity index (χ0) is 29.3. The van der Waals surface area contributed by atoms with Crippen LogP contribution in [0.2, 0.25) is 0 Å². The van der Waals surface area contributed by atoms with E-state index in [0.717, 1.165) is 24.8 Å². The van der Waals surface area contributed by atoms with Crippen molar-refractivity contribution in [3.05, 3.63) is 82.2 Å². The Bertz CT molecular complexity index is 1280. The largest absolute Gasteiger partial charge is 0.507 e. The SMILES string of the molecule is CCCCCc1ccc(-c2cc(F)c(C(F)(F)Oc3cc(C(C)(C)C)c(O)c(C(C)(C)C)c3)c(F)c2)c(F)c1. The lowest BCUT2D eigenvalue weighted by Gasteiger charge is -2.29. The first kappa shape index (κ1) is 30.5. The van der Waals surface area contributed by atoms with Gasteiger partial charge >= 0.3 is 6.11 Å². The Hall–Kier alpha value is -3.09. The van der Waals surface area contributed by atoms with Crippen molar-refractivity contribution in [2.45, 2.75) is 91.1 Å². The summed E-state index contributed by atoms with van der Waals surface area (Å²) in [5.41, 5.74) is -1.68. The lowest BCUT2D eigenvalue weighted by Crippen LogP contribution is -2.26. The van der Waals surface area contributed by atoms with E-state index in [1.54, 1.807) is 47.6 Å². The Kier molecular flexibility index (Phi) is 8.73. The van der Waals surface area contributed by atoms with Crippen molar-refractivity contribution in [2.24, 2.45) is 0 Å². The van der Waals surface area contributed by atoms with E-state index < -0.39 is 40.0 Å². The highest BCUT2D eigenvalue weighted by Crippen LogP contribution is 2.44. The lowest BCUT2D eigenvalue weighted by atomic mass is 9.79. The van der Waals surface area contributed by atoms with E-state index >= 15 is 17.6 Å². The molecule has 7 heteroatoms. The average molecular weight is 549 g/mol. The van der Waals surface area contributed by atoms with Crippen LogP contribution in [0, 0.1) is 17.5 Å². The van der Waals surface area contributed by atoms with Gasteiger partial charge in [0, 0.05) is 16.7 Å². The number of unbranched alkanes of at least 4 members (excludes halogenated alkanes) is 2. The standard InChI is InChI=1S/C32H37F5O2/c1-8-9-10-11-19-12-13-22(25(33)14-19)20-15-26(34)28(27(35)16-20)32(36,37)39-21-17-23(30(2,3)4)29(38)24(18-21)31(5,6)7/h12-18,38H,8-11H2,1-7H3. The normalized spacial score (nSPS) is 12.6. The van der Waals surface area contributed by atoms with Crippen molar-refractivity contribution in [2.75, 3.05) is 0 Å². The number of aromatic hydroxyl groups is 1. The maximum Gasteiger partial charge on any atom is 0.432 e. The molecule has 39 heavy (non-hydrogen) atoms. The van der Waals surface area contributed by atoms with Gasteiger partial charge in [-0.1, -0.05) is 73.4 Å². The van der Waals surface area contributed by atoms with Gasteiger partial charge in [0.15, 0.2) is 0 Å². The summed E-state index contributed by atoms with van der Waals surface area (Å²) in [4.78, 5) is 0. The summed E-state index contributed by atoms with van der Waals surface area (Å²) in [5, 5.41) is 10.8. The molecule has 0 atom stereocenters. The third-order valence-electron chi connectivity index (χ3n) is 6.69. The van der Waals surface area contributed by atoms with Crippen LogP contribution in [0.3, 0.4) is 0 Å². The van der Waals surface area contributed by atoms with Crippen molar-refractivity contribution < 1.29 is 31.8 Å². The second-order valence-electron chi connectivity index (χ2n) is 12.1. The monoisotopic (exact) mass is 548 g/mol. The molecule has 0 aromatic heterocycles. The first-order valence-corrected chi connectivity index (χ1v) is 13.2. The fraction of sp³-hybridized carbons (Fsp3) is 0.438. The van der Waals surface area contributed by atoms with Crippen LogP contribution < -0.4 is 4.74 Å². The Labute approximate surface area is 227 Å². The van der Waals surface area contributed by atoms with Crippen molar-refractivity contribution >= 4 is 0 Å². The molecule has 0 amide bonds. The molecule has 0 saturated carbocycles. The number of phenols is 1. The highest BCUT2D eigenvalue weighted by Gasteiger charge is 2.42. The number of hydrogen-bond acceptors (Lipinski definition) is 2. The van der Waals surface area contributed by atoms with E-state index in [1.807, 2.05) is 0 Å². The quantitative estimate of drug-likeness (QED) is 0.224. The molecule has 0 saturated heterocycles. The molecule has 212 valence electrons. The highest BCUT2D eigenvalue weighted by molar-refractivity contribution is 5.65. The van der Waals surface area contributed by atoms with Gasteiger partial charge in [-0.25, -0.2) is 13.2 Å². The van der Waals surface area contributed by atoms with E-state index in [4.69, 9.17) is 4.74 Å². The maximum absolute atomic E-state index is 15.3. The third kappa shape index (κ3) is 6.92. The summed E-state index contributed by atoms with van der Waals surface area (Å²) in [6.45, 7) is 12.8. The molecule has 2 nitrogen and oxygen atoms in total. The Morgan fingerprint density at radius 3 is 1.74 bits per heavy atom. The number of ether oxygens (including phenoxy) is 1. The zero-order valence-corrected chi connectivity index (χ0v) is 23.6. The smallest absolute Gasteiger partial charge is 0.432 e. The zero-order valence-electron chi connectivity index (χ0n) is 23.6. The van der Waals surface area contributed by atoms with Crippen LogP contribution >= 0.6 is 0 Å².